The summed E-state index contributed by atoms with van der Waals surface area (Å²) in [5, 5.41) is 0. The molecule has 0 bridgehead atoms. The van der Waals surface area contributed by atoms with E-state index in [9.17, 15) is 0 Å². The second kappa shape index (κ2) is 8.62. The minimum Gasteiger partial charge on any atom is -0.264 e. The fourth-order valence-electron chi connectivity index (χ4n) is 3.66. The molecule has 5 rings (SSSR count). The summed E-state index contributed by atoms with van der Waals surface area (Å²) in [5.41, 5.74) is 8.98. The van der Waals surface area contributed by atoms with Crippen molar-refractivity contribution in [2.45, 2.75) is 0 Å². The summed E-state index contributed by atoms with van der Waals surface area (Å²) in [4.78, 5) is 12.5. The summed E-state index contributed by atoms with van der Waals surface area (Å²) in [7, 11) is 0. The summed E-state index contributed by atoms with van der Waals surface area (Å²) in [5.74, 6) is 0. The zero-order valence-corrected chi connectivity index (χ0v) is 18.2. The molecular weight excluding hydrogens is 446 g/mol. The Morgan fingerprint density at radius 3 is 1.55 bits per heavy atom. The Hall–Kier alpha value is -3.63. The van der Waals surface area contributed by atoms with E-state index in [0.717, 1.165) is 43.4 Å². The Morgan fingerprint density at radius 1 is 0.452 bits per heavy atom. The van der Waals surface area contributed by atoms with Crippen molar-refractivity contribution in [2.75, 3.05) is 0 Å². The van der Waals surface area contributed by atoms with E-state index < -0.39 is 0 Å². The fraction of sp³-hybridized carbons (Fsp3) is 0. The van der Waals surface area contributed by atoms with Crippen LogP contribution in [0.1, 0.15) is 0 Å². The van der Waals surface area contributed by atoms with Gasteiger partial charge >= 0.3 is 0 Å². The van der Waals surface area contributed by atoms with Gasteiger partial charge in [-0.15, -0.1) is 0 Å². The minimum absolute atomic E-state index is 1.01. The number of halogens is 1. The van der Waals surface area contributed by atoms with Crippen LogP contribution in [0.15, 0.2) is 114 Å². The second-order valence-corrected chi connectivity index (χ2v) is 8.17. The van der Waals surface area contributed by atoms with Gasteiger partial charge in [-0.25, -0.2) is 9.97 Å². The highest BCUT2D eigenvalue weighted by Crippen LogP contribution is 2.33. The molecule has 0 aliphatic rings. The zero-order valence-electron chi connectivity index (χ0n) is 16.6. The van der Waals surface area contributed by atoms with Crippen LogP contribution in [0.3, 0.4) is 0 Å². The third-order valence-corrected chi connectivity index (χ3v) is 5.64. The first kappa shape index (κ1) is 19.3. The highest BCUT2D eigenvalue weighted by Gasteiger charge is 2.07. The number of aromatic nitrogens is 3. The molecule has 0 amide bonds. The van der Waals surface area contributed by atoms with Crippen molar-refractivity contribution in [1.29, 1.82) is 0 Å². The lowest BCUT2D eigenvalue weighted by atomic mass is 9.95. The van der Waals surface area contributed by atoms with E-state index in [1.54, 1.807) is 12.5 Å². The Bertz CT molecular complexity index is 1340. The van der Waals surface area contributed by atoms with Crippen molar-refractivity contribution in [3.05, 3.63) is 114 Å². The van der Waals surface area contributed by atoms with Gasteiger partial charge in [0.05, 0.1) is 0 Å². The van der Waals surface area contributed by atoms with Crippen molar-refractivity contribution in [1.82, 2.24) is 15.0 Å². The van der Waals surface area contributed by atoms with Crippen LogP contribution >= 0.6 is 15.9 Å². The van der Waals surface area contributed by atoms with E-state index in [-0.39, 0.29) is 0 Å². The predicted octanol–water partition coefficient (Wildman–Crippen LogP) is 7.30. The largest absolute Gasteiger partial charge is 0.264 e. The molecule has 2 aromatic heterocycles. The van der Waals surface area contributed by atoms with Gasteiger partial charge in [-0.05, 0) is 69.8 Å². The van der Waals surface area contributed by atoms with Crippen LogP contribution in [0.4, 0.5) is 0 Å². The Morgan fingerprint density at radius 2 is 0.935 bits per heavy atom. The third kappa shape index (κ3) is 4.30. The molecule has 0 radical (unpaired) electrons. The topological polar surface area (TPSA) is 38.7 Å². The average molecular weight is 464 g/mol. The highest BCUT2D eigenvalue weighted by molar-refractivity contribution is 9.10. The number of nitrogens with zero attached hydrogens (tertiary/aromatic N) is 3. The van der Waals surface area contributed by atoms with Gasteiger partial charge < -0.3 is 0 Å². The molecule has 0 aliphatic carbocycles. The Labute approximate surface area is 189 Å². The molecule has 3 aromatic carbocycles. The van der Waals surface area contributed by atoms with E-state index in [1.165, 1.54) is 5.56 Å². The molecule has 0 N–H and O–H groups in total. The Balaban J connectivity index is 1.54. The summed E-state index contributed by atoms with van der Waals surface area (Å²) in [6.45, 7) is 0. The minimum atomic E-state index is 1.01. The highest BCUT2D eigenvalue weighted by atomic mass is 79.9. The zero-order chi connectivity index (χ0) is 21.0. The maximum Gasteiger partial charge on any atom is 0.115 e. The van der Waals surface area contributed by atoms with E-state index in [1.807, 2.05) is 24.7 Å². The van der Waals surface area contributed by atoms with Gasteiger partial charge in [-0.2, -0.15) is 0 Å². The molecule has 0 aliphatic heterocycles. The molecule has 4 heteroatoms. The van der Waals surface area contributed by atoms with Crippen LogP contribution in [0.25, 0.3) is 44.5 Å². The molecular formula is C27H18BrN3. The lowest BCUT2D eigenvalue weighted by molar-refractivity contribution is 1.17. The lowest BCUT2D eigenvalue weighted by Gasteiger charge is -2.10. The first-order chi connectivity index (χ1) is 15.3. The quantitative estimate of drug-likeness (QED) is 0.280. The number of hydrogen-bond donors (Lipinski definition) is 0. The molecule has 0 saturated carbocycles. The van der Waals surface area contributed by atoms with Gasteiger partial charge in [0.25, 0.3) is 0 Å². The summed E-state index contributed by atoms with van der Waals surface area (Å²) in [6.07, 6.45) is 8.91. The molecule has 0 saturated heterocycles. The van der Waals surface area contributed by atoms with Crippen molar-refractivity contribution < 1.29 is 0 Å². The molecule has 2 heterocycles. The molecule has 0 spiro atoms. The first-order valence-electron chi connectivity index (χ1n) is 9.93. The van der Waals surface area contributed by atoms with Crippen molar-refractivity contribution in [2.24, 2.45) is 0 Å². The standard InChI is InChI=1S/C27H18BrN3/c28-27-13-24(12-25(14-27)23-8-3-9-29-15-23)21-6-1-4-19(10-21)20-5-2-7-22(11-20)26-16-30-18-31-17-26/h1-18H. The van der Waals surface area contributed by atoms with Crippen molar-refractivity contribution in [3.8, 4) is 44.5 Å². The normalized spacial score (nSPS) is 10.7. The van der Waals surface area contributed by atoms with Crippen LogP contribution < -0.4 is 0 Å². The van der Waals surface area contributed by atoms with Gasteiger partial charge in [-0.1, -0.05) is 58.4 Å². The van der Waals surface area contributed by atoms with E-state index >= 15 is 0 Å². The SMILES string of the molecule is Brc1cc(-c2cccnc2)cc(-c2cccc(-c3cccc(-c4cncnc4)c3)c2)c1. The van der Waals surface area contributed by atoms with Gasteiger partial charge in [0.1, 0.15) is 6.33 Å². The summed E-state index contributed by atoms with van der Waals surface area (Å²) in [6, 6.07) is 27.6. The predicted molar refractivity (Wildman–Crippen MR) is 129 cm³/mol. The monoisotopic (exact) mass is 463 g/mol. The van der Waals surface area contributed by atoms with Crippen LogP contribution in [0.5, 0.6) is 0 Å². The fourth-order valence-corrected chi connectivity index (χ4v) is 4.15. The number of pyridine rings is 1. The van der Waals surface area contributed by atoms with E-state index in [0.29, 0.717) is 0 Å². The summed E-state index contributed by atoms with van der Waals surface area (Å²) < 4.78 is 1.04. The Kier molecular flexibility index (Phi) is 5.38. The number of rotatable bonds is 4. The summed E-state index contributed by atoms with van der Waals surface area (Å²) >= 11 is 3.67. The first-order valence-corrected chi connectivity index (χ1v) is 10.7. The smallest absolute Gasteiger partial charge is 0.115 e. The number of hydrogen-bond acceptors (Lipinski definition) is 3. The van der Waals surface area contributed by atoms with Crippen LogP contribution in [-0.2, 0) is 0 Å². The van der Waals surface area contributed by atoms with Gasteiger partial charge in [0, 0.05) is 40.4 Å². The van der Waals surface area contributed by atoms with Gasteiger partial charge in [0.2, 0.25) is 0 Å². The van der Waals surface area contributed by atoms with Crippen LogP contribution in [0.2, 0.25) is 0 Å². The molecule has 31 heavy (non-hydrogen) atoms. The second-order valence-electron chi connectivity index (χ2n) is 7.26. The van der Waals surface area contributed by atoms with Gasteiger partial charge in [-0.3, -0.25) is 4.98 Å². The molecule has 3 nitrogen and oxygen atoms in total. The maximum atomic E-state index is 4.26. The maximum absolute atomic E-state index is 4.26. The molecule has 5 aromatic rings. The van der Waals surface area contributed by atoms with Crippen molar-refractivity contribution in [3.63, 3.8) is 0 Å². The number of benzene rings is 3. The lowest BCUT2D eigenvalue weighted by Crippen LogP contribution is -1.86. The van der Waals surface area contributed by atoms with Gasteiger partial charge in [0.15, 0.2) is 0 Å². The van der Waals surface area contributed by atoms with E-state index in [2.05, 4.69) is 104 Å². The molecule has 148 valence electrons. The van der Waals surface area contributed by atoms with Crippen molar-refractivity contribution >= 4 is 15.9 Å². The third-order valence-electron chi connectivity index (χ3n) is 5.18. The van der Waals surface area contributed by atoms with Crippen LogP contribution in [0, 0.1) is 0 Å². The van der Waals surface area contributed by atoms with E-state index in [4.69, 9.17) is 0 Å². The molecule has 0 atom stereocenters. The average Bonchev–Trinajstić information content (AvgIpc) is 2.85. The van der Waals surface area contributed by atoms with Crippen LogP contribution in [-0.4, -0.2) is 15.0 Å². The molecule has 0 fully saturated rings. The molecule has 0 unspecified atom stereocenters.